The van der Waals surface area contributed by atoms with Crippen LogP contribution in [0.5, 0.6) is 0 Å². The van der Waals surface area contributed by atoms with Gasteiger partial charge in [0.25, 0.3) is 11.8 Å². The first-order valence-electron chi connectivity index (χ1n) is 6.97. The van der Waals surface area contributed by atoms with E-state index >= 15 is 0 Å². The standard InChI is InChI=1S/C15H21N3O3/c1-10(7-16)13(17-9-21-2)8-18-14(19)11-5-3-4-6-12(11)15(18)20/h3-6,10,13,17H,7-9,16H2,1-2H3/t10?,13-/m0/s1. The number of ether oxygens (including phenoxy) is 1. The molecule has 1 unspecified atom stereocenters. The molecule has 2 atom stereocenters. The molecule has 0 saturated carbocycles. The van der Waals surface area contributed by atoms with Gasteiger partial charge in [-0.1, -0.05) is 19.1 Å². The maximum Gasteiger partial charge on any atom is 0.261 e. The molecule has 1 aromatic carbocycles. The number of carbonyl (C=O) groups excluding carboxylic acids is 2. The molecule has 0 fully saturated rings. The van der Waals surface area contributed by atoms with E-state index in [1.54, 1.807) is 31.4 Å². The molecule has 6 nitrogen and oxygen atoms in total. The van der Waals surface area contributed by atoms with Crippen LogP contribution in [0, 0.1) is 5.92 Å². The fraction of sp³-hybridized carbons (Fsp3) is 0.467. The number of fused-ring (bicyclic) bond motifs is 1. The van der Waals surface area contributed by atoms with Gasteiger partial charge in [0.2, 0.25) is 0 Å². The number of benzene rings is 1. The zero-order valence-electron chi connectivity index (χ0n) is 12.3. The van der Waals surface area contributed by atoms with E-state index in [4.69, 9.17) is 10.5 Å². The lowest BCUT2D eigenvalue weighted by atomic mass is 10.0. The lowest BCUT2D eigenvalue weighted by molar-refractivity contribution is 0.0609. The number of nitrogens with one attached hydrogen (secondary N) is 1. The number of hydrogen-bond donors (Lipinski definition) is 2. The zero-order valence-corrected chi connectivity index (χ0v) is 12.3. The Hall–Kier alpha value is -1.76. The normalized spacial score (nSPS) is 17.0. The first kappa shape index (κ1) is 15.6. The molecule has 0 saturated heterocycles. The monoisotopic (exact) mass is 291 g/mol. The van der Waals surface area contributed by atoms with Gasteiger partial charge < -0.3 is 10.5 Å². The first-order chi connectivity index (χ1) is 10.1. The summed E-state index contributed by atoms with van der Waals surface area (Å²) in [4.78, 5) is 26.0. The minimum Gasteiger partial charge on any atom is -0.370 e. The summed E-state index contributed by atoms with van der Waals surface area (Å²) in [6.45, 7) is 3.07. The first-order valence-corrected chi connectivity index (χ1v) is 6.97. The van der Waals surface area contributed by atoms with Crippen molar-refractivity contribution >= 4 is 11.8 Å². The van der Waals surface area contributed by atoms with E-state index in [1.165, 1.54) is 4.90 Å². The van der Waals surface area contributed by atoms with Crippen molar-refractivity contribution in [3.63, 3.8) is 0 Å². The number of nitrogens with two attached hydrogens (primary N) is 1. The fourth-order valence-corrected chi connectivity index (χ4v) is 2.40. The van der Waals surface area contributed by atoms with Crippen molar-refractivity contribution in [1.82, 2.24) is 10.2 Å². The highest BCUT2D eigenvalue weighted by Gasteiger charge is 2.36. The van der Waals surface area contributed by atoms with Crippen molar-refractivity contribution in [1.29, 1.82) is 0 Å². The fourth-order valence-electron chi connectivity index (χ4n) is 2.40. The average molecular weight is 291 g/mol. The largest absolute Gasteiger partial charge is 0.370 e. The van der Waals surface area contributed by atoms with Crippen LogP contribution in [-0.2, 0) is 4.74 Å². The number of imide groups is 1. The van der Waals surface area contributed by atoms with E-state index in [2.05, 4.69) is 5.32 Å². The Labute approximate surface area is 124 Å². The Balaban J connectivity index is 2.15. The van der Waals surface area contributed by atoms with E-state index < -0.39 is 0 Å². The van der Waals surface area contributed by atoms with Gasteiger partial charge in [-0.25, -0.2) is 0 Å². The van der Waals surface area contributed by atoms with Crippen LogP contribution in [-0.4, -0.2) is 49.7 Å². The molecule has 2 rings (SSSR count). The van der Waals surface area contributed by atoms with Crippen LogP contribution in [0.1, 0.15) is 27.6 Å². The van der Waals surface area contributed by atoms with Crippen molar-refractivity contribution in [2.45, 2.75) is 13.0 Å². The second-order valence-corrected chi connectivity index (χ2v) is 5.22. The average Bonchev–Trinajstić information content (AvgIpc) is 2.75. The van der Waals surface area contributed by atoms with Gasteiger partial charge in [0.05, 0.1) is 17.9 Å². The van der Waals surface area contributed by atoms with Gasteiger partial charge in [0, 0.05) is 19.7 Å². The van der Waals surface area contributed by atoms with Gasteiger partial charge in [-0.05, 0) is 24.6 Å². The van der Waals surface area contributed by atoms with Gasteiger partial charge in [-0.15, -0.1) is 0 Å². The molecule has 0 aromatic heterocycles. The predicted octanol–water partition coefficient (Wildman–Crippen LogP) is 0.440. The van der Waals surface area contributed by atoms with Crippen LogP contribution in [0.15, 0.2) is 24.3 Å². The van der Waals surface area contributed by atoms with E-state index in [1.807, 2.05) is 6.92 Å². The maximum absolute atomic E-state index is 12.3. The number of carbonyl (C=O) groups is 2. The van der Waals surface area contributed by atoms with Crippen LogP contribution in [0.4, 0.5) is 0 Å². The molecule has 1 heterocycles. The number of rotatable bonds is 7. The molecule has 21 heavy (non-hydrogen) atoms. The maximum atomic E-state index is 12.3. The van der Waals surface area contributed by atoms with Crippen LogP contribution in [0.2, 0.25) is 0 Å². The Morgan fingerprint density at radius 2 is 1.81 bits per heavy atom. The third-order valence-electron chi connectivity index (χ3n) is 3.81. The molecule has 1 aliphatic heterocycles. The molecule has 114 valence electrons. The molecule has 0 spiro atoms. The van der Waals surface area contributed by atoms with E-state index in [0.29, 0.717) is 24.4 Å². The number of methoxy groups -OCH3 is 1. The minimum atomic E-state index is -0.246. The lowest BCUT2D eigenvalue weighted by Crippen LogP contribution is -2.49. The second-order valence-electron chi connectivity index (χ2n) is 5.22. The van der Waals surface area contributed by atoms with Gasteiger partial charge >= 0.3 is 0 Å². The molecule has 6 heteroatoms. The summed E-state index contributed by atoms with van der Waals surface area (Å²) < 4.78 is 5.01. The number of amides is 2. The Bertz CT molecular complexity index is 498. The van der Waals surface area contributed by atoms with Crippen LogP contribution in [0.25, 0.3) is 0 Å². The third-order valence-corrected chi connectivity index (χ3v) is 3.81. The highest BCUT2D eigenvalue weighted by Crippen LogP contribution is 2.23. The van der Waals surface area contributed by atoms with Gasteiger partial charge in [-0.2, -0.15) is 0 Å². The summed E-state index contributed by atoms with van der Waals surface area (Å²) in [6, 6.07) is 6.78. The van der Waals surface area contributed by atoms with Crippen molar-refractivity contribution in [3.05, 3.63) is 35.4 Å². The molecular weight excluding hydrogens is 270 g/mol. The molecular formula is C15H21N3O3. The summed E-state index contributed by atoms with van der Waals surface area (Å²) in [6.07, 6.45) is 0. The Morgan fingerprint density at radius 1 is 1.24 bits per heavy atom. The molecule has 3 N–H and O–H groups in total. The SMILES string of the molecule is COCN[C@@H](CN1C(=O)c2ccccc2C1=O)C(C)CN. The Kier molecular flexibility index (Phi) is 5.06. The lowest BCUT2D eigenvalue weighted by Gasteiger charge is -2.27. The number of nitrogens with zero attached hydrogens (tertiary/aromatic N) is 1. The molecule has 1 aliphatic rings. The highest BCUT2D eigenvalue weighted by atomic mass is 16.5. The van der Waals surface area contributed by atoms with Crippen LogP contribution >= 0.6 is 0 Å². The second kappa shape index (κ2) is 6.80. The van der Waals surface area contributed by atoms with E-state index in [9.17, 15) is 9.59 Å². The topological polar surface area (TPSA) is 84.7 Å². The van der Waals surface area contributed by atoms with E-state index in [-0.39, 0.29) is 30.3 Å². The molecule has 0 bridgehead atoms. The summed E-state index contributed by atoms with van der Waals surface area (Å²) >= 11 is 0. The van der Waals surface area contributed by atoms with E-state index in [0.717, 1.165) is 0 Å². The van der Waals surface area contributed by atoms with Crippen molar-refractivity contribution in [3.8, 4) is 0 Å². The third kappa shape index (κ3) is 3.12. The van der Waals surface area contributed by atoms with Crippen molar-refractivity contribution < 1.29 is 14.3 Å². The smallest absolute Gasteiger partial charge is 0.261 e. The molecule has 1 aromatic rings. The molecule has 0 radical (unpaired) electrons. The van der Waals surface area contributed by atoms with Gasteiger partial charge in [-0.3, -0.25) is 19.8 Å². The highest BCUT2D eigenvalue weighted by molar-refractivity contribution is 6.21. The number of hydrogen-bond acceptors (Lipinski definition) is 5. The van der Waals surface area contributed by atoms with Crippen molar-refractivity contribution in [2.75, 3.05) is 26.9 Å². The van der Waals surface area contributed by atoms with Gasteiger partial charge in [0.15, 0.2) is 0 Å². The Morgan fingerprint density at radius 3 is 2.29 bits per heavy atom. The molecule has 0 aliphatic carbocycles. The van der Waals surface area contributed by atoms with Crippen LogP contribution < -0.4 is 11.1 Å². The quantitative estimate of drug-likeness (QED) is 0.562. The van der Waals surface area contributed by atoms with Crippen LogP contribution in [0.3, 0.4) is 0 Å². The minimum absolute atomic E-state index is 0.0998. The summed E-state index contributed by atoms with van der Waals surface area (Å²) in [5.41, 5.74) is 6.64. The summed E-state index contributed by atoms with van der Waals surface area (Å²) in [7, 11) is 1.58. The summed E-state index contributed by atoms with van der Waals surface area (Å²) in [5, 5.41) is 3.17. The zero-order chi connectivity index (χ0) is 15.4. The summed E-state index contributed by atoms with van der Waals surface area (Å²) in [5.74, 6) is -0.377. The predicted molar refractivity (Wildman–Crippen MR) is 78.8 cm³/mol. The van der Waals surface area contributed by atoms with Gasteiger partial charge in [0.1, 0.15) is 0 Å². The molecule has 2 amide bonds. The van der Waals surface area contributed by atoms with Crippen molar-refractivity contribution in [2.24, 2.45) is 11.7 Å².